The van der Waals surface area contributed by atoms with Crippen LogP contribution in [-0.2, 0) is 24.9 Å². The number of allylic oxidation sites excluding steroid dienone is 2. The van der Waals surface area contributed by atoms with E-state index in [0.29, 0.717) is 0 Å². The molecule has 5 heteroatoms. The maximum atomic E-state index is 11.0. The molecule has 0 spiro atoms. The minimum absolute atomic E-state index is 0. The van der Waals surface area contributed by atoms with Gasteiger partial charge in [0.05, 0.1) is 19.3 Å². The molecule has 1 heterocycles. The van der Waals surface area contributed by atoms with Gasteiger partial charge in [0.1, 0.15) is 0 Å². The van der Waals surface area contributed by atoms with E-state index in [1.807, 2.05) is 27.7 Å². The van der Waals surface area contributed by atoms with Crippen molar-refractivity contribution in [1.29, 1.82) is 0 Å². The number of aryl methyl sites for hydroxylation is 2. The number of hydrogen-bond donors (Lipinski definition) is 1. The zero-order chi connectivity index (χ0) is 28.9. The Kier molecular flexibility index (Phi) is 11.8. The summed E-state index contributed by atoms with van der Waals surface area (Å²) >= 11 is 0. The van der Waals surface area contributed by atoms with Crippen molar-refractivity contribution in [3.05, 3.63) is 95.8 Å². The molecular formula is C35H42IrNO2Si-. The number of ketones is 1. The first-order valence-electron chi connectivity index (χ1n) is 13.7. The van der Waals surface area contributed by atoms with Gasteiger partial charge in [0.2, 0.25) is 0 Å². The van der Waals surface area contributed by atoms with Crippen molar-refractivity contribution in [2.45, 2.75) is 61.2 Å². The van der Waals surface area contributed by atoms with Crippen LogP contribution in [0.2, 0.25) is 19.6 Å². The zero-order valence-corrected chi connectivity index (χ0v) is 28.6. The van der Waals surface area contributed by atoms with Gasteiger partial charge in [-0.15, -0.1) is 34.9 Å². The van der Waals surface area contributed by atoms with E-state index < -0.39 is 8.07 Å². The molecule has 0 aliphatic rings. The van der Waals surface area contributed by atoms with Gasteiger partial charge < -0.3 is 5.11 Å². The Bertz CT molecular complexity index is 1460. The molecular weight excluding hydrogens is 687 g/mol. The summed E-state index contributed by atoms with van der Waals surface area (Å²) in [6, 6.07) is 27.4. The molecule has 0 atom stereocenters. The van der Waals surface area contributed by atoms with Crippen molar-refractivity contribution in [2.24, 2.45) is 11.8 Å². The minimum Gasteiger partial charge on any atom is -0.512 e. The molecule has 0 bridgehead atoms. The van der Waals surface area contributed by atoms with E-state index in [1.165, 1.54) is 33.3 Å². The first-order chi connectivity index (χ1) is 18.3. The number of hydrogen-bond acceptors (Lipinski definition) is 3. The monoisotopic (exact) mass is 729 g/mol. The average molecular weight is 729 g/mol. The number of aromatic nitrogens is 1. The number of pyridine rings is 1. The van der Waals surface area contributed by atoms with Crippen LogP contribution in [0.1, 0.15) is 38.8 Å². The van der Waals surface area contributed by atoms with Gasteiger partial charge in [-0.25, -0.2) is 0 Å². The van der Waals surface area contributed by atoms with Gasteiger partial charge in [0, 0.05) is 43.4 Å². The first kappa shape index (κ1) is 33.4. The number of rotatable bonds is 6. The van der Waals surface area contributed by atoms with Crippen molar-refractivity contribution in [3.8, 4) is 22.4 Å². The number of benzene rings is 3. The molecule has 0 fully saturated rings. The second-order valence-electron chi connectivity index (χ2n) is 11.9. The molecule has 1 N–H and O–H groups in total. The van der Waals surface area contributed by atoms with Crippen molar-refractivity contribution < 1.29 is 30.0 Å². The summed E-state index contributed by atoms with van der Waals surface area (Å²) in [6.45, 7) is 18.8. The second kappa shape index (κ2) is 14.2. The Morgan fingerprint density at radius 2 is 1.55 bits per heavy atom. The Morgan fingerprint density at radius 3 is 2.10 bits per heavy atom. The van der Waals surface area contributed by atoms with Crippen molar-refractivity contribution in [1.82, 2.24) is 4.98 Å². The largest absolute Gasteiger partial charge is 0.512 e. The fraction of sp³-hybridized carbons (Fsp3) is 0.314. The van der Waals surface area contributed by atoms with E-state index >= 15 is 0 Å². The standard InChI is InChI=1S/C26H26NSi.C9H16O2.Ir/c1-18-14-19(2)16-21(15-18)24-17-22(20-10-7-6-8-11-20)26-23(27-24)12-9-13-25(26)28(3,4)5;1-6(2)8(10)5-9(11)7(3)4;/h6-15,17H,1-5H3;5-7,10H,1-4H3;/q-1;;/b;8-5-;. The first-order valence-corrected chi connectivity index (χ1v) is 17.2. The van der Waals surface area contributed by atoms with Crippen LogP contribution in [0.3, 0.4) is 0 Å². The van der Waals surface area contributed by atoms with E-state index in [4.69, 9.17) is 4.98 Å². The summed E-state index contributed by atoms with van der Waals surface area (Å²) < 4.78 is 0. The number of aliphatic hydroxyl groups excluding tert-OH is 1. The third-order valence-electron chi connectivity index (χ3n) is 6.60. The van der Waals surface area contributed by atoms with Crippen LogP contribution in [0.15, 0.2) is 78.6 Å². The molecule has 0 saturated carbocycles. The van der Waals surface area contributed by atoms with Crippen LogP contribution >= 0.6 is 0 Å². The van der Waals surface area contributed by atoms with E-state index in [0.717, 1.165) is 22.3 Å². The molecule has 40 heavy (non-hydrogen) atoms. The Labute approximate surface area is 255 Å². The quantitative estimate of drug-likeness (QED) is 0.0935. The molecule has 3 aromatic carbocycles. The number of carbonyl (C=O) groups excluding carboxylic acids is 1. The molecule has 0 unspecified atom stereocenters. The second-order valence-corrected chi connectivity index (χ2v) is 16.9. The topological polar surface area (TPSA) is 50.2 Å². The maximum Gasteiger partial charge on any atom is 0.161 e. The predicted octanol–water partition coefficient (Wildman–Crippen LogP) is 8.84. The molecule has 0 aliphatic carbocycles. The SMILES string of the molecule is CC(C)C(=O)/C=C(\O)C(C)C.Cc1[c-]c(-c2cc(-c3ccccc3)c3c([Si](C)(C)C)cccc3n2)cc(C)c1.[Ir]. The fourth-order valence-corrected chi connectivity index (χ4v) is 6.02. The van der Waals surface area contributed by atoms with Gasteiger partial charge in [0.25, 0.3) is 0 Å². The van der Waals surface area contributed by atoms with Crippen LogP contribution in [0.4, 0.5) is 0 Å². The van der Waals surface area contributed by atoms with Gasteiger partial charge >= 0.3 is 0 Å². The zero-order valence-electron chi connectivity index (χ0n) is 25.2. The van der Waals surface area contributed by atoms with Crippen LogP contribution in [0.5, 0.6) is 0 Å². The summed E-state index contributed by atoms with van der Waals surface area (Å²) in [5, 5.41) is 12.0. The Balaban J connectivity index is 0.000000400. The molecule has 4 aromatic rings. The van der Waals surface area contributed by atoms with Crippen LogP contribution in [-0.4, -0.2) is 23.9 Å². The number of carbonyl (C=O) groups is 1. The number of nitrogens with zero attached hydrogens (tertiary/aromatic N) is 1. The summed E-state index contributed by atoms with van der Waals surface area (Å²) in [6.07, 6.45) is 1.31. The van der Waals surface area contributed by atoms with Crippen molar-refractivity contribution in [2.75, 3.05) is 0 Å². The third-order valence-corrected chi connectivity index (χ3v) is 8.63. The third kappa shape index (κ3) is 8.57. The molecule has 213 valence electrons. The normalized spacial score (nSPS) is 11.7. The smallest absolute Gasteiger partial charge is 0.161 e. The molecule has 0 aliphatic heterocycles. The molecule has 1 radical (unpaired) electrons. The van der Waals surface area contributed by atoms with Crippen LogP contribution in [0, 0.1) is 31.7 Å². The number of fused-ring (bicyclic) bond motifs is 1. The van der Waals surface area contributed by atoms with Gasteiger partial charge in [-0.2, -0.15) is 0 Å². The van der Waals surface area contributed by atoms with Crippen molar-refractivity contribution >= 4 is 29.9 Å². The van der Waals surface area contributed by atoms with Gasteiger partial charge in [-0.3, -0.25) is 9.78 Å². The molecule has 1 aromatic heterocycles. The molecule has 4 rings (SSSR count). The summed E-state index contributed by atoms with van der Waals surface area (Å²) in [7, 11) is -1.52. The van der Waals surface area contributed by atoms with Gasteiger partial charge in [0.15, 0.2) is 5.78 Å². The van der Waals surface area contributed by atoms with E-state index in [9.17, 15) is 9.90 Å². The van der Waals surface area contributed by atoms with Crippen molar-refractivity contribution in [3.63, 3.8) is 0 Å². The van der Waals surface area contributed by atoms with Gasteiger partial charge in [-0.05, 0) is 22.9 Å². The minimum atomic E-state index is -1.52. The Hall–Kier alpha value is -2.85. The Morgan fingerprint density at radius 1 is 0.900 bits per heavy atom. The summed E-state index contributed by atoms with van der Waals surface area (Å²) in [4.78, 5) is 16.1. The van der Waals surface area contributed by atoms with Crippen LogP contribution < -0.4 is 5.19 Å². The molecule has 0 saturated heterocycles. The van der Waals surface area contributed by atoms with Gasteiger partial charge in [-0.1, -0.05) is 115 Å². The van der Waals surface area contributed by atoms with E-state index in [-0.39, 0.29) is 43.5 Å². The summed E-state index contributed by atoms with van der Waals surface area (Å²) in [5.41, 5.74) is 8.03. The number of aliphatic hydroxyl groups is 1. The molecule has 0 amide bonds. The van der Waals surface area contributed by atoms with Crippen LogP contribution in [0.25, 0.3) is 33.3 Å². The maximum absolute atomic E-state index is 11.0. The summed E-state index contributed by atoms with van der Waals surface area (Å²) in [5.74, 6) is 0.161. The average Bonchev–Trinajstić information content (AvgIpc) is 2.87. The molecule has 3 nitrogen and oxygen atoms in total. The van der Waals surface area contributed by atoms with E-state index in [1.54, 1.807) is 0 Å². The predicted molar refractivity (Wildman–Crippen MR) is 169 cm³/mol. The fourth-order valence-electron chi connectivity index (χ4n) is 4.41. The van der Waals surface area contributed by atoms with E-state index in [2.05, 4.69) is 106 Å².